The monoisotopic (exact) mass is 168 g/mol. The Balaban J connectivity index is 3.39. The molecular formula is C4H12N2O3S. The Labute approximate surface area is 60.4 Å². The first-order chi connectivity index (χ1) is 4.42. The minimum absolute atomic E-state index is 0.177. The van der Waals surface area contributed by atoms with Gasteiger partial charge in [-0.05, 0) is 6.92 Å². The molecule has 0 aliphatic heterocycles. The van der Waals surface area contributed by atoms with E-state index in [9.17, 15) is 8.42 Å². The van der Waals surface area contributed by atoms with Gasteiger partial charge in [0.05, 0.1) is 11.9 Å². The van der Waals surface area contributed by atoms with Gasteiger partial charge in [-0.2, -0.15) is 8.42 Å². The van der Waals surface area contributed by atoms with Crippen LogP contribution in [0.2, 0.25) is 0 Å². The van der Waals surface area contributed by atoms with Gasteiger partial charge < -0.3 is 11.1 Å². The third-order valence-corrected chi connectivity index (χ3v) is 1.55. The van der Waals surface area contributed by atoms with Crippen molar-refractivity contribution >= 4 is 10.1 Å². The molecule has 6 heteroatoms. The molecule has 62 valence electrons. The summed E-state index contributed by atoms with van der Waals surface area (Å²) in [4.78, 5) is 0. The van der Waals surface area contributed by atoms with Crippen LogP contribution in [-0.4, -0.2) is 31.4 Å². The van der Waals surface area contributed by atoms with Crippen molar-refractivity contribution in [2.24, 2.45) is 5.73 Å². The fourth-order valence-corrected chi connectivity index (χ4v) is 0.791. The molecule has 10 heavy (non-hydrogen) atoms. The van der Waals surface area contributed by atoms with E-state index in [4.69, 9.17) is 10.3 Å². The fourth-order valence-electron chi connectivity index (χ4n) is 0.416. The average molecular weight is 168 g/mol. The molecule has 0 aromatic heterocycles. The zero-order valence-electron chi connectivity index (χ0n) is 5.74. The maximum Gasteiger partial charge on any atom is 0.266 e. The number of nitrogens with two attached hydrogens (primary N) is 1. The number of rotatable bonds is 4. The molecule has 0 aliphatic carbocycles. The van der Waals surface area contributed by atoms with Crippen molar-refractivity contribution in [3.63, 3.8) is 0 Å². The maximum absolute atomic E-state index is 10.1. The van der Waals surface area contributed by atoms with Crippen LogP contribution in [0.15, 0.2) is 0 Å². The standard InChI is InChI=1S/C4H12N2O3S/c1-4(5)6-2-3-10(7,8)9/h4,6H,2-3,5H2,1H3,(H,7,8,9). The van der Waals surface area contributed by atoms with Crippen molar-refractivity contribution in [1.82, 2.24) is 5.32 Å². The Hall–Kier alpha value is -0.170. The van der Waals surface area contributed by atoms with Crippen LogP contribution in [0.25, 0.3) is 0 Å². The van der Waals surface area contributed by atoms with Crippen LogP contribution in [0.1, 0.15) is 6.92 Å². The third-order valence-electron chi connectivity index (χ3n) is 0.826. The first-order valence-electron chi connectivity index (χ1n) is 2.86. The van der Waals surface area contributed by atoms with Crippen LogP contribution in [0, 0.1) is 0 Å². The predicted octanol–water partition coefficient (Wildman–Crippen LogP) is -1.23. The first kappa shape index (κ1) is 9.83. The summed E-state index contributed by atoms with van der Waals surface area (Å²) in [6.45, 7) is 1.86. The summed E-state index contributed by atoms with van der Waals surface area (Å²) in [6.07, 6.45) is -0.248. The van der Waals surface area contributed by atoms with Gasteiger partial charge in [0.15, 0.2) is 0 Å². The summed E-state index contributed by atoms with van der Waals surface area (Å²) in [6, 6.07) is 0. The summed E-state index contributed by atoms with van der Waals surface area (Å²) < 4.78 is 28.4. The van der Waals surface area contributed by atoms with Gasteiger partial charge in [-0.15, -0.1) is 0 Å². The van der Waals surface area contributed by atoms with E-state index in [0.29, 0.717) is 0 Å². The molecule has 0 amide bonds. The van der Waals surface area contributed by atoms with E-state index in [-0.39, 0.29) is 18.5 Å². The van der Waals surface area contributed by atoms with Crippen LogP contribution < -0.4 is 11.1 Å². The van der Waals surface area contributed by atoms with E-state index in [1.54, 1.807) is 6.92 Å². The Morgan fingerprint density at radius 3 is 2.50 bits per heavy atom. The van der Waals surface area contributed by atoms with Gasteiger partial charge in [0.2, 0.25) is 0 Å². The van der Waals surface area contributed by atoms with Crippen molar-refractivity contribution in [3.05, 3.63) is 0 Å². The van der Waals surface area contributed by atoms with E-state index >= 15 is 0 Å². The number of hydrogen-bond donors (Lipinski definition) is 3. The Morgan fingerprint density at radius 1 is 1.70 bits per heavy atom. The van der Waals surface area contributed by atoms with E-state index in [2.05, 4.69) is 5.32 Å². The Morgan fingerprint density at radius 2 is 2.20 bits per heavy atom. The minimum Gasteiger partial charge on any atom is -0.316 e. The summed E-state index contributed by atoms with van der Waals surface area (Å²) in [5, 5.41) is 2.64. The Bertz CT molecular complexity index is 175. The highest BCUT2D eigenvalue weighted by molar-refractivity contribution is 7.85. The first-order valence-corrected chi connectivity index (χ1v) is 4.47. The van der Waals surface area contributed by atoms with Crippen molar-refractivity contribution in [2.45, 2.75) is 13.1 Å². The quantitative estimate of drug-likeness (QED) is 0.361. The molecule has 0 radical (unpaired) electrons. The lowest BCUT2D eigenvalue weighted by atomic mass is 10.6. The predicted molar refractivity (Wildman–Crippen MR) is 38.1 cm³/mol. The van der Waals surface area contributed by atoms with E-state index in [1.807, 2.05) is 0 Å². The molecule has 4 N–H and O–H groups in total. The molecule has 0 fully saturated rings. The van der Waals surface area contributed by atoms with Gasteiger partial charge >= 0.3 is 0 Å². The van der Waals surface area contributed by atoms with E-state index in [0.717, 1.165) is 0 Å². The van der Waals surface area contributed by atoms with Gasteiger partial charge in [-0.3, -0.25) is 4.55 Å². The second-order valence-corrected chi connectivity index (χ2v) is 3.60. The van der Waals surface area contributed by atoms with Crippen molar-refractivity contribution in [1.29, 1.82) is 0 Å². The summed E-state index contributed by atoms with van der Waals surface area (Å²) in [7, 11) is -3.84. The number of hydrogen-bond acceptors (Lipinski definition) is 4. The van der Waals surface area contributed by atoms with Gasteiger partial charge in [0.1, 0.15) is 0 Å². The number of nitrogens with one attached hydrogen (secondary N) is 1. The molecule has 1 unspecified atom stereocenters. The summed E-state index contributed by atoms with van der Waals surface area (Å²) in [5.74, 6) is -0.297. The topological polar surface area (TPSA) is 92.4 Å². The lowest BCUT2D eigenvalue weighted by molar-refractivity contribution is 0.477. The molecule has 0 aromatic rings. The van der Waals surface area contributed by atoms with Crippen LogP contribution in [0.5, 0.6) is 0 Å². The Kier molecular flexibility index (Phi) is 3.80. The SMILES string of the molecule is CC(N)NCCS(=O)(=O)O. The van der Waals surface area contributed by atoms with Crippen LogP contribution in [0.4, 0.5) is 0 Å². The molecule has 0 aromatic carbocycles. The van der Waals surface area contributed by atoms with Gasteiger partial charge in [0.25, 0.3) is 10.1 Å². The fraction of sp³-hybridized carbons (Fsp3) is 1.00. The second-order valence-electron chi connectivity index (χ2n) is 2.03. The molecular weight excluding hydrogens is 156 g/mol. The third kappa shape index (κ3) is 7.83. The molecule has 0 bridgehead atoms. The summed E-state index contributed by atoms with van der Waals surface area (Å²) >= 11 is 0. The molecule has 0 saturated carbocycles. The highest BCUT2D eigenvalue weighted by Crippen LogP contribution is 1.78. The van der Waals surface area contributed by atoms with Gasteiger partial charge in [-0.1, -0.05) is 0 Å². The molecule has 0 rings (SSSR count). The van der Waals surface area contributed by atoms with E-state index in [1.165, 1.54) is 0 Å². The van der Waals surface area contributed by atoms with Crippen LogP contribution >= 0.6 is 0 Å². The highest BCUT2D eigenvalue weighted by Gasteiger charge is 2.02. The molecule has 1 atom stereocenters. The lowest BCUT2D eigenvalue weighted by Gasteiger charge is -2.05. The molecule has 0 heterocycles. The molecule has 0 spiro atoms. The second kappa shape index (κ2) is 3.87. The zero-order valence-corrected chi connectivity index (χ0v) is 6.56. The van der Waals surface area contributed by atoms with Crippen molar-refractivity contribution in [3.8, 4) is 0 Å². The normalized spacial score (nSPS) is 15.1. The zero-order chi connectivity index (χ0) is 8.20. The van der Waals surface area contributed by atoms with Gasteiger partial charge in [0, 0.05) is 6.54 Å². The molecule has 0 aliphatic rings. The van der Waals surface area contributed by atoms with Crippen molar-refractivity contribution in [2.75, 3.05) is 12.3 Å². The summed E-state index contributed by atoms with van der Waals surface area (Å²) in [5.41, 5.74) is 5.23. The lowest BCUT2D eigenvalue weighted by Crippen LogP contribution is -2.37. The largest absolute Gasteiger partial charge is 0.316 e. The van der Waals surface area contributed by atoms with Gasteiger partial charge in [-0.25, -0.2) is 0 Å². The van der Waals surface area contributed by atoms with Crippen molar-refractivity contribution < 1.29 is 13.0 Å². The average Bonchev–Trinajstić information content (AvgIpc) is 1.59. The minimum atomic E-state index is -3.84. The smallest absolute Gasteiger partial charge is 0.266 e. The van der Waals surface area contributed by atoms with Crippen LogP contribution in [-0.2, 0) is 10.1 Å². The molecule has 5 nitrogen and oxygen atoms in total. The van der Waals surface area contributed by atoms with E-state index < -0.39 is 10.1 Å². The maximum atomic E-state index is 10.1. The highest BCUT2D eigenvalue weighted by atomic mass is 32.2. The molecule has 0 saturated heterocycles. The van der Waals surface area contributed by atoms with Crippen LogP contribution in [0.3, 0.4) is 0 Å².